The minimum absolute atomic E-state index is 0.328. The Morgan fingerprint density at radius 2 is 2.20 bits per heavy atom. The van der Waals surface area contributed by atoms with Crippen molar-refractivity contribution in [3.63, 3.8) is 0 Å². The molecule has 2 aromatic heterocycles. The molecular weight excluding hydrogens is 258 g/mol. The first-order chi connectivity index (χ1) is 9.63. The Labute approximate surface area is 117 Å². The van der Waals surface area contributed by atoms with Gasteiger partial charge in [-0.25, -0.2) is 14.8 Å². The molecule has 106 valence electrons. The lowest BCUT2D eigenvalue weighted by Gasteiger charge is -2.06. The van der Waals surface area contributed by atoms with Gasteiger partial charge in [0.05, 0.1) is 29.7 Å². The fourth-order valence-electron chi connectivity index (χ4n) is 1.67. The lowest BCUT2D eigenvalue weighted by molar-refractivity contribution is 0.0524. The fourth-order valence-corrected chi connectivity index (χ4v) is 1.67. The van der Waals surface area contributed by atoms with Gasteiger partial charge in [0.2, 0.25) is 5.95 Å². The van der Waals surface area contributed by atoms with E-state index >= 15 is 0 Å². The summed E-state index contributed by atoms with van der Waals surface area (Å²) in [4.78, 5) is 20.0. The van der Waals surface area contributed by atoms with Crippen LogP contribution in [0.3, 0.4) is 0 Å². The summed E-state index contributed by atoms with van der Waals surface area (Å²) in [6, 6.07) is 0. The maximum absolute atomic E-state index is 11.6. The zero-order valence-corrected chi connectivity index (χ0v) is 11.8. The molecular formula is C13H17N5O2. The predicted molar refractivity (Wildman–Crippen MR) is 73.9 cm³/mol. The monoisotopic (exact) mass is 275 g/mol. The van der Waals surface area contributed by atoms with E-state index in [1.807, 2.05) is 13.1 Å². The molecule has 0 saturated heterocycles. The van der Waals surface area contributed by atoms with Gasteiger partial charge in [0.1, 0.15) is 0 Å². The summed E-state index contributed by atoms with van der Waals surface area (Å²) in [7, 11) is 0. The molecule has 0 unspecified atom stereocenters. The minimum atomic E-state index is -0.407. The second-order valence-electron chi connectivity index (χ2n) is 4.12. The first-order valence-corrected chi connectivity index (χ1v) is 6.44. The van der Waals surface area contributed by atoms with Crippen LogP contribution in [0.1, 0.15) is 29.9 Å². The third-order valence-corrected chi connectivity index (χ3v) is 2.69. The standard InChI is InChI=1S/C13H17N5O2/c1-4-18-8-10(6-15-18)17-13-14-7-11(9(3)16-13)12(19)20-5-2/h6-8H,4-5H2,1-3H3,(H,14,16,17). The maximum Gasteiger partial charge on any atom is 0.341 e. The van der Waals surface area contributed by atoms with Gasteiger partial charge in [-0.3, -0.25) is 4.68 Å². The third-order valence-electron chi connectivity index (χ3n) is 2.69. The highest BCUT2D eigenvalue weighted by atomic mass is 16.5. The lowest BCUT2D eigenvalue weighted by Crippen LogP contribution is -2.10. The molecule has 7 heteroatoms. The number of esters is 1. The van der Waals surface area contributed by atoms with Gasteiger partial charge in [0.15, 0.2) is 0 Å². The van der Waals surface area contributed by atoms with E-state index in [0.29, 0.717) is 23.8 Å². The molecule has 0 saturated carbocycles. The summed E-state index contributed by atoms with van der Waals surface area (Å²) in [5, 5.41) is 7.19. The number of carbonyl (C=O) groups excluding carboxylic acids is 1. The van der Waals surface area contributed by atoms with Gasteiger partial charge in [-0.1, -0.05) is 0 Å². The molecule has 0 aromatic carbocycles. The van der Waals surface area contributed by atoms with Crippen LogP contribution in [0.15, 0.2) is 18.6 Å². The van der Waals surface area contributed by atoms with E-state index in [0.717, 1.165) is 12.2 Å². The normalized spacial score (nSPS) is 10.3. The van der Waals surface area contributed by atoms with Gasteiger partial charge >= 0.3 is 5.97 Å². The van der Waals surface area contributed by atoms with E-state index in [-0.39, 0.29) is 0 Å². The Morgan fingerprint density at radius 1 is 1.40 bits per heavy atom. The van der Waals surface area contributed by atoms with Gasteiger partial charge in [-0.15, -0.1) is 0 Å². The average Bonchev–Trinajstić information content (AvgIpc) is 2.86. The molecule has 0 radical (unpaired) electrons. The third kappa shape index (κ3) is 3.11. The van der Waals surface area contributed by atoms with Crippen molar-refractivity contribution in [1.29, 1.82) is 0 Å². The number of anilines is 2. The Balaban J connectivity index is 2.14. The van der Waals surface area contributed by atoms with Crippen molar-refractivity contribution in [2.45, 2.75) is 27.3 Å². The molecule has 2 heterocycles. The molecule has 0 spiro atoms. The van der Waals surface area contributed by atoms with Crippen LogP contribution in [0.25, 0.3) is 0 Å². The number of aromatic nitrogens is 4. The highest BCUT2D eigenvalue weighted by Gasteiger charge is 2.12. The van der Waals surface area contributed by atoms with E-state index in [1.165, 1.54) is 6.20 Å². The predicted octanol–water partition coefficient (Wildman–Crippen LogP) is 1.92. The number of hydrogen-bond acceptors (Lipinski definition) is 6. The van der Waals surface area contributed by atoms with Gasteiger partial charge in [0, 0.05) is 18.9 Å². The van der Waals surface area contributed by atoms with E-state index in [9.17, 15) is 4.79 Å². The number of nitrogens with zero attached hydrogens (tertiary/aromatic N) is 4. The molecule has 20 heavy (non-hydrogen) atoms. The van der Waals surface area contributed by atoms with Crippen LogP contribution in [0.4, 0.5) is 11.6 Å². The van der Waals surface area contributed by atoms with Gasteiger partial charge in [-0.05, 0) is 20.8 Å². The second-order valence-corrected chi connectivity index (χ2v) is 4.12. The smallest absolute Gasteiger partial charge is 0.341 e. The largest absolute Gasteiger partial charge is 0.462 e. The first kappa shape index (κ1) is 14.0. The van der Waals surface area contributed by atoms with Crippen molar-refractivity contribution in [2.75, 3.05) is 11.9 Å². The molecule has 1 N–H and O–H groups in total. The van der Waals surface area contributed by atoms with Gasteiger partial charge in [0.25, 0.3) is 0 Å². The molecule has 0 amide bonds. The quantitative estimate of drug-likeness (QED) is 0.839. The average molecular weight is 275 g/mol. The van der Waals surface area contributed by atoms with Crippen molar-refractivity contribution in [1.82, 2.24) is 19.7 Å². The van der Waals surface area contributed by atoms with Gasteiger partial charge < -0.3 is 10.1 Å². The molecule has 7 nitrogen and oxygen atoms in total. The zero-order chi connectivity index (χ0) is 14.5. The molecule has 2 aromatic rings. The van der Waals surface area contributed by atoms with Gasteiger partial charge in [-0.2, -0.15) is 5.10 Å². The van der Waals surface area contributed by atoms with E-state index in [1.54, 1.807) is 24.7 Å². The van der Waals surface area contributed by atoms with Crippen LogP contribution in [0.5, 0.6) is 0 Å². The number of hydrogen-bond donors (Lipinski definition) is 1. The molecule has 0 bridgehead atoms. The topological polar surface area (TPSA) is 81.9 Å². The van der Waals surface area contributed by atoms with Crippen LogP contribution in [0.2, 0.25) is 0 Å². The SMILES string of the molecule is CCOC(=O)c1cnc(Nc2cnn(CC)c2)nc1C. The van der Waals surface area contributed by atoms with E-state index in [4.69, 9.17) is 4.74 Å². The number of carbonyl (C=O) groups is 1. The second kappa shape index (κ2) is 6.14. The Morgan fingerprint density at radius 3 is 2.80 bits per heavy atom. The summed E-state index contributed by atoms with van der Waals surface area (Å²) in [6.07, 6.45) is 5.02. The first-order valence-electron chi connectivity index (χ1n) is 6.44. The summed E-state index contributed by atoms with van der Waals surface area (Å²) < 4.78 is 6.73. The minimum Gasteiger partial charge on any atom is -0.462 e. The van der Waals surface area contributed by atoms with Crippen LogP contribution in [-0.2, 0) is 11.3 Å². The van der Waals surface area contributed by atoms with Crippen LogP contribution in [0, 0.1) is 6.92 Å². The number of ether oxygens (including phenoxy) is 1. The van der Waals surface area contributed by atoms with Crippen LogP contribution < -0.4 is 5.32 Å². The van der Waals surface area contributed by atoms with Crippen molar-refractivity contribution < 1.29 is 9.53 Å². The molecule has 0 fully saturated rings. The molecule has 0 aliphatic rings. The van der Waals surface area contributed by atoms with Crippen molar-refractivity contribution in [2.24, 2.45) is 0 Å². The Kier molecular flexibility index (Phi) is 4.29. The van der Waals surface area contributed by atoms with E-state index < -0.39 is 5.97 Å². The number of rotatable bonds is 5. The summed E-state index contributed by atoms with van der Waals surface area (Å²) in [5.41, 5.74) is 1.75. The summed E-state index contributed by atoms with van der Waals surface area (Å²) in [6.45, 7) is 6.63. The number of aryl methyl sites for hydroxylation is 2. The number of nitrogens with one attached hydrogen (secondary N) is 1. The maximum atomic E-state index is 11.6. The lowest BCUT2D eigenvalue weighted by atomic mass is 10.2. The molecule has 2 rings (SSSR count). The summed E-state index contributed by atoms with van der Waals surface area (Å²) in [5.74, 6) is 0.0153. The summed E-state index contributed by atoms with van der Waals surface area (Å²) >= 11 is 0. The van der Waals surface area contributed by atoms with Crippen molar-refractivity contribution >= 4 is 17.6 Å². The molecule has 0 aliphatic carbocycles. The zero-order valence-electron chi connectivity index (χ0n) is 11.8. The highest BCUT2D eigenvalue weighted by molar-refractivity contribution is 5.90. The molecule has 0 aliphatic heterocycles. The fraction of sp³-hybridized carbons (Fsp3) is 0.385. The van der Waals surface area contributed by atoms with E-state index in [2.05, 4.69) is 20.4 Å². The Bertz CT molecular complexity index is 609. The van der Waals surface area contributed by atoms with Crippen LogP contribution >= 0.6 is 0 Å². The van der Waals surface area contributed by atoms with Crippen molar-refractivity contribution in [3.8, 4) is 0 Å². The molecule has 0 atom stereocenters. The van der Waals surface area contributed by atoms with Crippen LogP contribution in [-0.4, -0.2) is 32.3 Å². The highest BCUT2D eigenvalue weighted by Crippen LogP contribution is 2.14. The Hall–Kier alpha value is -2.44. The van der Waals surface area contributed by atoms with Crippen molar-refractivity contribution in [3.05, 3.63) is 29.8 Å².